The van der Waals surface area contributed by atoms with Crippen molar-refractivity contribution < 1.29 is 22.7 Å². The predicted molar refractivity (Wildman–Crippen MR) is 99.2 cm³/mol. The molecule has 2 aromatic carbocycles. The minimum atomic E-state index is -3.46. The van der Waals surface area contributed by atoms with Gasteiger partial charge in [-0.3, -0.25) is 4.79 Å². The summed E-state index contributed by atoms with van der Waals surface area (Å²) in [6, 6.07) is 10.7. The second-order valence-corrected chi connectivity index (χ2v) is 8.25. The number of esters is 1. The van der Waals surface area contributed by atoms with Crippen LogP contribution in [0, 0.1) is 6.92 Å². The predicted octanol–water partition coefficient (Wildman–Crippen LogP) is 3.24. The Bertz CT molecular complexity index is 956. The van der Waals surface area contributed by atoms with Gasteiger partial charge in [0, 0.05) is 17.0 Å². The van der Waals surface area contributed by atoms with E-state index in [9.17, 15) is 18.0 Å². The van der Waals surface area contributed by atoms with Gasteiger partial charge >= 0.3 is 5.97 Å². The first kappa shape index (κ1) is 19.9. The fourth-order valence-corrected chi connectivity index (χ4v) is 2.98. The molecule has 1 atom stereocenters. The number of hydrogen-bond donors (Lipinski definition) is 1. The topological polar surface area (TPSA) is 89.5 Å². The number of amides is 1. The van der Waals surface area contributed by atoms with Crippen molar-refractivity contribution in [3.05, 3.63) is 58.6 Å². The number of hydrogen-bond acceptors (Lipinski definition) is 5. The number of carbonyl (C=O) groups is 2. The lowest BCUT2D eigenvalue weighted by Gasteiger charge is -2.15. The van der Waals surface area contributed by atoms with Gasteiger partial charge in [0.25, 0.3) is 5.91 Å². The normalized spacial score (nSPS) is 12.3. The Balaban J connectivity index is 2.12. The summed E-state index contributed by atoms with van der Waals surface area (Å²) in [7, 11) is -3.46. The third-order valence-electron chi connectivity index (χ3n) is 3.60. The van der Waals surface area contributed by atoms with Crippen molar-refractivity contribution >= 4 is 39.0 Å². The minimum absolute atomic E-state index is 0.00563. The van der Waals surface area contributed by atoms with E-state index in [0.29, 0.717) is 16.3 Å². The molecule has 0 unspecified atom stereocenters. The van der Waals surface area contributed by atoms with E-state index in [0.717, 1.165) is 6.26 Å². The number of ether oxygens (including phenoxy) is 1. The maximum absolute atomic E-state index is 12.3. The number of halogens is 1. The van der Waals surface area contributed by atoms with E-state index in [2.05, 4.69) is 5.32 Å². The van der Waals surface area contributed by atoms with Crippen molar-refractivity contribution in [2.24, 2.45) is 0 Å². The average Bonchev–Trinajstić information content (AvgIpc) is 2.53. The van der Waals surface area contributed by atoms with E-state index in [4.69, 9.17) is 16.3 Å². The van der Waals surface area contributed by atoms with Crippen LogP contribution in [0.4, 0.5) is 5.69 Å². The molecule has 2 aromatic rings. The fraction of sp³-hybridized carbons (Fsp3) is 0.222. The average molecular weight is 396 g/mol. The van der Waals surface area contributed by atoms with Gasteiger partial charge < -0.3 is 10.1 Å². The van der Waals surface area contributed by atoms with Crippen LogP contribution in [-0.2, 0) is 19.4 Å². The summed E-state index contributed by atoms with van der Waals surface area (Å²) in [6.07, 6.45) is -0.0313. The van der Waals surface area contributed by atoms with E-state index >= 15 is 0 Å². The third kappa shape index (κ3) is 5.06. The summed E-state index contributed by atoms with van der Waals surface area (Å²) in [5.74, 6) is -1.31. The molecule has 0 saturated carbocycles. The number of rotatable bonds is 5. The molecule has 0 fully saturated rings. The summed E-state index contributed by atoms with van der Waals surface area (Å²) >= 11 is 5.86. The number of nitrogens with one attached hydrogen (secondary N) is 1. The monoisotopic (exact) mass is 395 g/mol. The Hall–Kier alpha value is -2.38. The van der Waals surface area contributed by atoms with E-state index in [-0.39, 0.29) is 10.5 Å². The lowest BCUT2D eigenvalue weighted by molar-refractivity contribution is -0.123. The summed E-state index contributed by atoms with van der Waals surface area (Å²) in [5.41, 5.74) is 1.11. The van der Waals surface area contributed by atoms with Gasteiger partial charge in [-0.05, 0) is 49.7 Å². The molecule has 0 aliphatic carbocycles. The quantitative estimate of drug-likeness (QED) is 0.785. The van der Waals surface area contributed by atoms with Crippen molar-refractivity contribution in [1.82, 2.24) is 0 Å². The van der Waals surface area contributed by atoms with Crippen LogP contribution in [0.3, 0.4) is 0 Å². The Morgan fingerprint density at radius 1 is 1.15 bits per heavy atom. The van der Waals surface area contributed by atoms with Gasteiger partial charge in [0.15, 0.2) is 15.9 Å². The lowest BCUT2D eigenvalue weighted by Crippen LogP contribution is -2.30. The van der Waals surface area contributed by atoms with Gasteiger partial charge in [-0.25, -0.2) is 13.2 Å². The molecule has 0 saturated heterocycles. The van der Waals surface area contributed by atoms with Crippen LogP contribution in [0.2, 0.25) is 5.02 Å². The molecular weight excluding hydrogens is 378 g/mol. The molecule has 0 aromatic heterocycles. The highest BCUT2D eigenvalue weighted by atomic mass is 35.5. The van der Waals surface area contributed by atoms with Crippen LogP contribution in [-0.4, -0.2) is 32.7 Å². The zero-order chi connectivity index (χ0) is 19.5. The van der Waals surface area contributed by atoms with E-state index in [1.54, 1.807) is 31.2 Å². The van der Waals surface area contributed by atoms with Gasteiger partial charge in [0.1, 0.15) is 0 Å². The van der Waals surface area contributed by atoms with Crippen LogP contribution in [0.15, 0.2) is 47.4 Å². The van der Waals surface area contributed by atoms with E-state index < -0.39 is 27.8 Å². The summed E-state index contributed by atoms with van der Waals surface area (Å²) in [6.45, 7) is 3.08. The van der Waals surface area contributed by atoms with Gasteiger partial charge in [0.2, 0.25) is 0 Å². The number of aryl methyl sites for hydroxylation is 1. The number of anilines is 1. The molecule has 8 heteroatoms. The van der Waals surface area contributed by atoms with E-state index in [1.165, 1.54) is 25.1 Å². The molecule has 6 nitrogen and oxygen atoms in total. The zero-order valence-electron chi connectivity index (χ0n) is 14.4. The highest BCUT2D eigenvalue weighted by Crippen LogP contribution is 2.18. The second-order valence-electron chi connectivity index (χ2n) is 5.80. The van der Waals surface area contributed by atoms with Crippen LogP contribution in [0.1, 0.15) is 22.8 Å². The van der Waals surface area contributed by atoms with Crippen molar-refractivity contribution in [3.63, 3.8) is 0 Å². The van der Waals surface area contributed by atoms with Gasteiger partial charge in [-0.15, -0.1) is 0 Å². The Morgan fingerprint density at radius 2 is 1.85 bits per heavy atom. The van der Waals surface area contributed by atoms with Crippen LogP contribution < -0.4 is 5.32 Å². The van der Waals surface area contributed by atoms with Gasteiger partial charge in [-0.1, -0.05) is 23.7 Å². The smallest absolute Gasteiger partial charge is 0.339 e. The minimum Gasteiger partial charge on any atom is -0.449 e. The Morgan fingerprint density at radius 3 is 2.46 bits per heavy atom. The first-order chi connectivity index (χ1) is 12.1. The first-order valence-corrected chi connectivity index (χ1v) is 9.93. The van der Waals surface area contributed by atoms with Crippen molar-refractivity contribution in [2.75, 3.05) is 11.6 Å². The number of carbonyl (C=O) groups excluding carboxylic acids is 2. The molecule has 0 heterocycles. The molecule has 0 aliphatic heterocycles. The summed E-state index contributed by atoms with van der Waals surface area (Å²) in [4.78, 5) is 24.5. The molecule has 1 amide bonds. The molecule has 0 bridgehead atoms. The highest BCUT2D eigenvalue weighted by molar-refractivity contribution is 7.90. The Kier molecular flexibility index (Phi) is 6.05. The number of benzene rings is 2. The van der Waals surface area contributed by atoms with Gasteiger partial charge in [-0.2, -0.15) is 0 Å². The maximum Gasteiger partial charge on any atom is 0.339 e. The van der Waals surface area contributed by atoms with Crippen LogP contribution >= 0.6 is 11.6 Å². The van der Waals surface area contributed by atoms with E-state index in [1.807, 2.05) is 0 Å². The van der Waals surface area contributed by atoms with Crippen LogP contribution in [0.25, 0.3) is 0 Å². The van der Waals surface area contributed by atoms with Crippen molar-refractivity contribution in [2.45, 2.75) is 24.8 Å². The molecule has 1 N–H and O–H groups in total. The van der Waals surface area contributed by atoms with Crippen molar-refractivity contribution in [1.29, 1.82) is 0 Å². The first-order valence-electron chi connectivity index (χ1n) is 7.66. The third-order valence-corrected chi connectivity index (χ3v) is 4.95. The standard InChI is InChI=1S/C18H18ClNO5S/c1-11-7-8-15(26(3,23)24)10-16(11)18(22)25-12(2)17(21)20-14-6-4-5-13(19)9-14/h4-10,12H,1-3H3,(H,20,21)/t12-/m0/s1. The zero-order valence-corrected chi connectivity index (χ0v) is 16.0. The molecule has 0 radical (unpaired) electrons. The highest BCUT2D eigenvalue weighted by Gasteiger charge is 2.21. The summed E-state index contributed by atoms with van der Waals surface area (Å²) < 4.78 is 28.5. The number of sulfone groups is 1. The lowest BCUT2D eigenvalue weighted by atomic mass is 10.1. The molecule has 138 valence electrons. The fourth-order valence-electron chi connectivity index (χ4n) is 2.14. The maximum atomic E-state index is 12.3. The second kappa shape index (κ2) is 7.88. The SMILES string of the molecule is Cc1ccc(S(C)(=O)=O)cc1C(=O)O[C@@H](C)C(=O)Nc1cccc(Cl)c1. The molecular formula is C18H18ClNO5S. The summed E-state index contributed by atoms with van der Waals surface area (Å²) in [5, 5.41) is 3.05. The largest absolute Gasteiger partial charge is 0.449 e. The Labute approximate surface area is 157 Å². The molecule has 2 rings (SSSR count). The van der Waals surface area contributed by atoms with Crippen LogP contribution in [0.5, 0.6) is 0 Å². The molecule has 0 spiro atoms. The van der Waals surface area contributed by atoms with Crippen molar-refractivity contribution in [3.8, 4) is 0 Å². The molecule has 26 heavy (non-hydrogen) atoms. The molecule has 0 aliphatic rings. The van der Waals surface area contributed by atoms with Gasteiger partial charge in [0.05, 0.1) is 10.5 Å².